The number of halogens is 1. The molecule has 0 bridgehead atoms. The van der Waals surface area contributed by atoms with Crippen LogP contribution < -0.4 is 10.6 Å². The number of nitrogens with one attached hydrogen (secondary N) is 2. The molecule has 4 heteroatoms. The molecule has 1 aromatic carbocycles. The Morgan fingerprint density at radius 1 is 1.32 bits per heavy atom. The molecule has 2 rings (SSSR count). The number of rotatable bonds is 5. The van der Waals surface area contributed by atoms with Crippen molar-refractivity contribution in [3.63, 3.8) is 0 Å². The molecule has 1 aliphatic carbocycles. The summed E-state index contributed by atoms with van der Waals surface area (Å²) in [6, 6.07) is 8.72. The lowest BCUT2D eigenvalue weighted by molar-refractivity contribution is -0.121. The Morgan fingerprint density at radius 3 is 2.53 bits per heavy atom. The molecule has 1 fully saturated rings. The summed E-state index contributed by atoms with van der Waals surface area (Å²) in [5.74, 6) is 0.674. The van der Waals surface area contributed by atoms with Crippen LogP contribution in [-0.2, 0) is 4.79 Å². The maximum atomic E-state index is 11.5. The van der Waals surface area contributed by atoms with E-state index < -0.39 is 0 Å². The normalized spacial score (nSPS) is 22.1. The predicted octanol–water partition coefficient (Wildman–Crippen LogP) is 2.70. The summed E-state index contributed by atoms with van der Waals surface area (Å²) < 4.78 is 0. The molecule has 104 valence electrons. The fraction of sp³-hybridized carbons (Fsp3) is 0.533. The molecule has 19 heavy (non-hydrogen) atoms. The Kier molecular flexibility index (Phi) is 4.83. The highest BCUT2D eigenvalue weighted by Crippen LogP contribution is 2.37. The molecule has 0 atom stereocenters. The predicted molar refractivity (Wildman–Crippen MR) is 78.5 cm³/mol. The van der Waals surface area contributed by atoms with E-state index in [1.54, 1.807) is 0 Å². The van der Waals surface area contributed by atoms with Gasteiger partial charge in [0, 0.05) is 17.1 Å². The Morgan fingerprint density at radius 2 is 1.95 bits per heavy atom. The van der Waals surface area contributed by atoms with Gasteiger partial charge in [0.1, 0.15) is 0 Å². The lowest BCUT2D eigenvalue weighted by atomic mass is 9.76. The number of hydrogen-bond acceptors (Lipinski definition) is 2. The largest absolute Gasteiger partial charge is 0.353 e. The zero-order valence-electron chi connectivity index (χ0n) is 11.4. The maximum absolute atomic E-state index is 11.5. The third-order valence-electron chi connectivity index (χ3n) is 3.48. The van der Waals surface area contributed by atoms with Crippen molar-refractivity contribution < 1.29 is 4.79 Å². The fourth-order valence-electron chi connectivity index (χ4n) is 2.40. The summed E-state index contributed by atoms with van der Waals surface area (Å²) >= 11 is 5.88. The first-order chi connectivity index (χ1) is 9.04. The first kappa shape index (κ1) is 14.4. The zero-order chi connectivity index (χ0) is 13.8. The molecule has 0 aromatic heterocycles. The fourth-order valence-corrected chi connectivity index (χ4v) is 2.53. The molecule has 2 N–H and O–H groups in total. The van der Waals surface area contributed by atoms with Gasteiger partial charge in [-0.05, 0) is 50.3 Å². The first-order valence-electron chi connectivity index (χ1n) is 6.83. The second-order valence-electron chi connectivity index (χ2n) is 5.52. The summed E-state index contributed by atoms with van der Waals surface area (Å²) in [6.07, 6.45) is 2.19. The lowest BCUT2D eigenvalue weighted by Crippen LogP contribution is -2.46. The van der Waals surface area contributed by atoms with Gasteiger partial charge in [-0.2, -0.15) is 0 Å². The van der Waals surface area contributed by atoms with E-state index in [2.05, 4.69) is 22.8 Å². The molecule has 0 aliphatic heterocycles. The van der Waals surface area contributed by atoms with Gasteiger partial charge >= 0.3 is 0 Å². The molecule has 0 heterocycles. The number of carbonyl (C=O) groups is 1. The maximum Gasteiger partial charge on any atom is 0.234 e. The van der Waals surface area contributed by atoms with Crippen molar-refractivity contribution in [1.29, 1.82) is 0 Å². The lowest BCUT2D eigenvalue weighted by Gasteiger charge is -2.36. The van der Waals surface area contributed by atoms with Gasteiger partial charge < -0.3 is 10.6 Å². The minimum absolute atomic E-state index is 0.0740. The minimum atomic E-state index is 0.0740. The highest BCUT2D eigenvalue weighted by molar-refractivity contribution is 6.30. The van der Waals surface area contributed by atoms with Crippen LogP contribution in [0.2, 0.25) is 5.02 Å². The van der Waals surface area contributed by atoms with Crippen LogP contribution in [0, 0.1) is 0 Å². The molecule has 0 saturated heterocycles. The minimum Gasteiger partial charge on any atom is -0.353 e. The molecule has 0 radical (unpaired) electrons. The van der Waals surface area contributed by atoms with Crippen LogP contribution in [-0.4, -0.2) is 24.5 Å². The van der Waals surface area contributed by atoms with Crippen LogP contribution in [0.25, 0.3) is 0 Å². The molecular weight excluding hydrogens is 260 g/mol. The van der Waals surface area contributed by atoms with E-state index in [9.17, 15) is 4.79 Å². The van der Waals surface area contributed by atoms with E-state index in [4.69, 9.17) is 11.6 Å². The van der Waals surface area contributed by atoms with Crippen LogP contribution in [0.5, 0.6) is 0 Å². The van der Waals surface area contributed by atoms with E-state index in [0.29, 0.717) is 18.5 Å². The Balaban J connectivity index is 1.69. The topological polar surface area (TPSA) is 41.1 Å². The van der Waals surface area contributed by atoms with Gasteiger partial charge in [-0.1, -0.05) is 23.7 Å². The smallest absolute Gasteiger partial charge is 0.234 e. The average Bonchev–Trinajstić information content (AvgIpc) is 2.28. The van der Waals surface area contributed by atoms with Crippen LogP contribution in [0.1, 0.15) is 38.2 Å². The van der Waals surface area contributed by atoms with Crippen molar-refractivity contribution in [2.75, 3.05) is 6.54 Å². The number of carbonyl (C=O) groups excluding carboxylic acids is 1. The van der Waals surface area contributed by atoms with Crippen molar-refractivity contribution in [3.05, 3.63) is 34.9 Å². The summed E-state index contributed by atoms with van der Waals surface area (Å²) in [5, 5.41) is 6.96. The first-order valence-corrected chi connectivity index (χ1v) is 7.20. The zero-order valence-corrected chi connectivity index (χ0v) is 12.2. The molecular formula is C15H21ClN2O. The summed E-state index contributed by atoms with van der Waals surface area (Å²) in [7, 11) is 0. The summed E-state index contributed by atoms with van der Waals surface area (Å²) in [5.41, 5.74) is 1.34. The van der Waals surface area contributed by atoms with Crippen molar-refractivity contribution in [1.82, 2.24) is 10.6 Å². The second kappa shape index (κ2) is 6.40. The highest BCUT2D eigenvalue weighted by atomic mass is 35.5. The Bertz CT molecular complexity index is 424. The third kappa shape index (κ3) is 4.22. The van der Waals surface area contributed by atoms with Gasteiger partial charge in [-0.25, -0.2) is 0 Å². The molecule has 0 spiro atoms. The standard InChI is InChI=1S/C15H21ClN2O/c1-10(2)18-15(19)9-17-14-7-12(8-14)11-3-5-13(16)6-4-11/h3-6,10,12,14,17H,7-9H2,1-2H3,(H,18,19). The molecule has 1 amide bonds. The van der Waals surface area contributed by atoms with Gasteiger partial charge in [0.15, 0.2) is 0 Å². The van der Waals surface area contributed by atoms with Crippen LogP contribution in [0.15, 0.2) is 24.3 Å². The number of benzene rings is 1. The summed E-state index contributed by atoms with van der Waals surface area (Å²) in [4.78, 5) is 11.5. The van der Waals surface area contributed by atoms with Gasteiger partial charge in [-0.3, -0.25) is 4.79 Å². The van der Waals surface area contributed by atoms with E-state index in [-0.39, 0.29) is 11.9 Å². The van der Waals surface area contributed by atoms with Crippen molar-refractivity contribution >= 4 is 17.5 Å². The van der Waals surface area contributed by atoms with Crippen LogP contribution >= 0.6 is 11.6 Å². The van der Waals surface area contributed by atoms with Crippen LogP contribution in [0.3, 0.4) is 0 Å². The van der Waals surface area contributed by atoms with Gasteiger partial charge in [0.25, 0.3) is 0 Å². The van der Waals surface area contributed by atoms with Crippen molar-refractivity contribution in [2.24, 2.45) is 0 Å². The molecule has 3 nitrogen and oxygen atoms in total. The Labute approximate surface area is 119 Å². The van der Waals surface area contributed by atoms with E-state index >= 15 is 0 Å². The van der Waals surface area contributed by atoms with Gasteiger partial charge in [0.05, 0.1) is 6.54 Å². The van der Waals surface area contributed by atoms with E-state index in [0.717, 1.165) is 17.9 Å². The van der Waals surface area contributed by atoms with Crippen molar-refractivity contribution in [2.45, 2.75) is 44.7 Å². The molecule has 0 unspecified atom stereocenters. The monoisotopic (exact) mass is 280 g/mol. The third-order valence-corrected chi connectivity index (χ3v) is 3.73. The highest BCUT2D eigenvalue weighted by Gasteiger charge is 2.30. The van der Waals surface area contributed by atoms with Crippen LogP contribution in [0.4, 0.5) is 0 Å². The quantitative estimate of drug-likeness (QED) is 0.871. The van der Waals surface area contributed by atoms with Crippen molar-refractivity contribution in [3.8, 4) is 0 Å². The number of hydrogen-bond donors (Lipinski definition) is 2. The second-order valence-corrected chi connectivity index (χ2v) is 5.96. The Hall–Kier alpha value is -1.06. The average molecular weight is 281 g/mol. The molecule has 1 saturated carbocycles. The van der Waals surface area contributed by atoms with E-state index in [1.807, 2.05) is 26.0 Å². The number of amides is 1. The molecule has 1 aromatic rings. The summed E-state index contributed by atoms with van der Waals surface area (Å²) in [6.45, 7) is 4.35. The van der Waals surface area contributed by atoms with Gasteiger partial charge in [0.2, 0.25) is 5.91 Å². The molecule has 1 aliphatic rings. The SMILES string of the molecule is CC(C)NC(=O)CNC1CC(c2ccc(Cl)cc2)C1. The van der Waals surface area contributed by atoms with Gasteiger partial charge in [-0.15, -0.1) is 0 Å². The van der Waals surface area contributed by atoms with E-state index in [1.165, 1.54) is 5.56 Å².